The minimum absolute atomic E-state index is 0.0576. The molecule has 0 aliphatic rings. The summed E-state index contributed by atoms with van der Waals surface area (Å²) in [5.41, 5.74) is 1.12. The first kappa shape index (κ1) is 15.2. The number of ether oxygens (including phenoxy) is 1. The van der Waals surface area contributed by atoms with Crippen molar-refractivity contribution in [1.29, 1.82) is 0 Å². The summed E-state index contributed by atoms with van der Waals surface area (Å²) < 4.78 is 5.17. The van der Waals surface area contributed by atoms with Crippen molar-refractivity contribution in [2.75, 3.05) is 6.61 Å². The number of hydrogen-bond acceptors (Lipinski definition) is 3. The topological polar surface area (TPSA) is 26.3 Å². The van der Waals surface area contributed by atoms with Gasteiger partial charge in [-0.25, -0.2) is 0 Å². The molecule has 102 valence electrons. The number of unbranched alkanes of at least 4 members (excludes halogenated alkanes) is 4. The number of hydrogen-bond donors (Lipinski definition) is 0. The first-order valence-electron chi connectivity index (χ1n) is 6.98. The highest BCUT2D eigenvalue weighted by Crippen LogP contribution is 2.26. The van der Waals surface area contributed by atoms with E-state index in [4.69, 9.17) is 4.74 Å². The summed E-state index contributed by atoms with van der Waals surface area (Å²) >= 11 is 1.64. The second-order valence-electron chi connectivity index (χ2n) is 4.56. The summed E-state index contributed by atoms with van der Waals surface area (Å²) in [6.45, 7) is 4.55. The van der Waals surface area contributed by atoms with Crippen molar-refractivity contribution in [2.24, 2.45) is 0 Å². The summed E-state index contributed by atoms with van der Waals surface area (Å²) in [7, 11) is 0. The minimum atomic E-state index is -0.0635. The average Bonchev–Trinajstić information content (AvgIpc) is 2.87. The lowest BCUT2D eigenvalue weighted by Crippen LogP contribution is -2.15. The molecule has 0 spiro atoms. The first-order chi connectivity index (χ1) is 8.79. The van der Waals surface area contributed by atoms with Crippen LogP contribution in [0.25, 0.3) is 0 Å². The lowest BCUT2D eigenvalue weighted by Gasteiger charge is -2.14. The van der Waals surface area contributed by atoms with Crippen LogP contribution in [0.1, 0.15) is 63.9 Å². The van der Waals surface area contributed by atoms with Gasteiger partial charge >= 0.3 is 5.97 Å². The molecular weight excluding hydrogens is 244 g/mol. The molecule has 0 amide bonds. The molecule has 1 atom stereocenters. The Hall–Kier alpha value is -0.830. The molecule has 18 heavy (non-hydrogen) atoms. The Balaban J connectivity index is 2.43. The van der Waals surface area contributed by atoms with E-state index in [1.165, 1.54) is 25.7 Å². The molecule has 0 aliphatic heterocycles. The summed E-state index contributed by atoms with van der Waals surface area (Å²) in [6, 6.07) is 2.04. The van der Waals surface area contributed by atoms with Gasteiger partial charge in [-0.1, -0.05) is 39.0 Å². The largest absolute Gasteiger partial charge is 0.466 e. The molecular formula is C15H24O2S. The Kier molecular flexibility index (Phi) is 7.74. The van der Waals surface area contributed by atoms with Gasteiger partial charge in [0.05, 0.1) is 12.5 Å². The van der Waals surface area contributed by atoms with Crippen LogP contribution in [0.5, 0.6) is 0 Å². The second kappa shape index (κ2) is 9.15. The zero-order chi connectivity index (χ0) is 13.2. The highest BCUT2D eigenvalue weighted by molar-refractivity contribution is 7.08. The van der Waals surface area contributed by atoms with Gasteiger partial charge in [-0.2, -0.15) is 11.3 Å². The van der Waals surface area contributed by atoms with Gasteiger partial charge in [0.1, 0.15) is 0 Å². The monoisotopic (exact) mass is 268 g/mol. The molecule has 2 nitrogen and oxygen atoms in total. The van der Waals surface area contributed by atoms with Crippen molar-refractivity contribution in [3.63, 3.8) is 0 Å². The molecule has 0 saturated carbocycles. The van der Waals surface area contributed by atoms with Gasteiger partial charge in [0.2, 0.25) is 0 Å². The van der Waals surface area contributed by atoms with Crippen LogP contribution in [-0.2, 0) is 9.53 Å². The Morgan fingerprint density at radius 1 is 1.28 bits per heavy atom. The van der Waals surface area contributed by atoms with Gasteiger partial charge in [0, 0.05) is 0 Å². The number of carbonyl (C=O) groups excluding carboxylic acids is 1. The fraction of sp³-hybridized carbons (Fsp3) is 0.667. The molecule has 3 heteroatoms. The van der Waals surface area contributed by atoms with Crippen LogP contribution < -0.4 is 0 Å². The fourth-order valence-electron chi connectivity index (χ4n) is 2.09. The maximum absolute atomic E-state index is 11.9. The van der Waals surface area contributed by atoms with Gasteiger partial charge in [-0.3, -0.25) is 4.79 Å². The van der Waals surface area contributed by atoms with E-state index in [1.54, 1.807) is 11.3 Å². The Morgan fingerprint density at radius 2 is 2.06 bits per heavy atom. The van der Waals surface area contributed by atoms with Crippen molar-refractivity contribution < 1.29 is 9.53 Å². The van der Waals surface area contributed by atoms with Crippen LogP contribution >= 0.6 is 11.3 Å². The first-order valence-corrected chi connectivity index (χ1v) is 7.92. The van der Waals surface area contributed by atoms with Crippen molar-refractivity contribution in [2.45, 2.75) is 58.3 Å². The number of carbonyl (C=O) groups is 1. The summed E-state index contributed by atoms with van der Waals surface area (Å²) in [4.78, 5) is 11.9. The lowest BCUT2D eigenvalue weighted by molar-refractivity contribution is -0.145. The molecule has 1 unspecified atom stereocenters. The maximum atomic E-state index is 11.9. The SMILES string of the molecule is CCCCCCCC(C(=O)OCC)c1ccsc1. The number of rotatable bonds is 9. The van der Waals surface area contributed by atoms with Crippen molar-refractivity contribution in [1.82, 2.24) is 0 Å². The molecule has 1 aromatic rings. The third-order valence-electron chi connectivity index (χ3n) is 3.11. The Bertz CT molecular complexity index is 319. The normalized spacial score (nSPS) is 12.3. The standard InChI is InChI=1S/C15H24O2S/c1-3-5-6-7-8-9-14(15(16)17-4-2)13-10-11-18-12-13/h10-12,14H,3-9H2,1-2H3. The van der Waals surface area contributed by atoms with E-state index in [2.05, 4.69) is 12.3 Å². The molecule has 0 N–H and O–H groups in total. The van der Waals surface area contributed by atoms with Crippen molar-refractivity contribution in [3.05, 3.63) is 22.4 Å². The van der Waals surface area contributed by atoms with E-state index in [0.29, 0.717) is 6.61 Å². The minimum Gasteiger partial charge on any atom is -0.466 e. The summed E-state index contributed by atoms with van der Waals surface area (Å²) in [5.74, 6) is -0.121. The molecule has 0 radical (unpaired) electrons. The summed E-state index contributed by atoms with van der Waals surface area (Å²) in [6.07, 6.45) is 7.07. The zero-order valence-electron chi connectivity index (χ0n) is 11.5. The van der Waals surface area contributed by atoms with E-state index in [1.807, 2.05) is 18.4 Å². The second-order valence-corrected chi connectivity index (χ2v) is 5.34. The highest BCUT2D eigenvalue weighted by Gasteiger charge is 2.21. The molecule has 0 aliphatic carbocycles. The highest BCUT2D eigenvalue weighted by atomic mass is 32.1. The van der Waals surface area contributed by atoms with Gasteiger partial charge in [0.15, 0.2) is 0 Å². The van der Waals surface area contributed by atoms with E-state index >= 15 is 0 Å². The number of thiophene rings is 1. The Morgan fingerprint density at radius 3 is 2.67 bits per heavy atom. The van der Waals surface area contributed by atoms with Crippen LogP contribution in [0.2, 0.25) is 0 Å². The molecule has 1 rings (SSSR count). The van der Waals surface area contributed by atoms with E-state index < -0.39 is 0 Å². The molecule has 0 fully saturated rings. The fourth-order valence-corrected chi connectivity index (χ4v) is 2.80. The molecule has 1 aromatic heterocycles. The van der Waals surface area contributed by atoms with E-state index in [9.17, 15) is 4.79 Å². The lowest BCUT2D eigenvalue weighted by atomic mass is 9.95. The number of esters is 1. The van der Waals surface area contributed by atoms with E-state index in [0.717, 1.165) is 18.4 Å². The predicted octanol–water partition coefficient (Wildman–Crippen LogP) is 4.76. The summed E-state index contributed by atoms with van der Waals surface area (Å²) in [5, 5.41) is 4.09. The quantitative estimate of drug-likeness (QED) is 0.477. The third-order valence-corrected chi connectivity index (χ3v) is 3.81. The van der Waals surface area contributed by atoms with Gasteiger partial charge < -0.3 is 4.74 Å². The Labute approximate surface area is 114 Å². The van der Waals surface area contributed by atoms with Crippen LogP contribution in [-0.4, -0.2) is 12.6 Å². The van der Waals surface area contributed by atoms with Crippen LogP contribution in [0, 0.1) is 0 Å². The van der Waals surface area contributed by atoms with Crippen molar-refractivity contribution in [3.8, 4) is 0 Å². The maximum Gasteiger partial charge on any atom is 0.313 e. The molecule has 0 saturated heterocycles. The van der Waals surface area contributed by atoms with Gasteiger partial charge in [-0.05, 0) is 35.7 Å². The van der Waals surface area contributed by atoms with Crippen LogP contribution in [0.15, 0.2) is 16.8 Å². The third kappa shape index (κ3) is 5.21. The van der Waals surface area contributed by atoms with Gasteiger partial charge in [-0.15, -0.1) is 0 Å². The smallest absolute Gasteiger partial charge is 0.313 e. The average molecular weight is 268 g/mol. The molecule has 0 aromatic carbocycles. The predicted molar refractivity (Wildman–Crippen MR) is 77.1 cm³/mol. The molecule has 0 bridgehead atoms. The van der Waals surface area contributed by atoms with E-state index in [-0.39, 0.29) is 11.9 Å². The molecule has 1 heterocycles. The van der Waals surface area contributed by atoms with Crippen LogP contribution in [0.3, 0.4) is 0 Å². The van der Waals surface area contributed by atoms with Crippen molar-refractivity contribution >= 4 is 17.3 Å². The van der Waals surface area contributed by atoms with Gasteiger partial charge in [0.25, 0.3) is 0 Å². The van der Waals surface area contributed by atoms with Crippen LogP contribution in [0.4, 0.5) is 0 Å². The zero-order valence-corrected chi connectivity index (χ0v) is 12.3.